The molecule has 0 atom stereocenters. The Balaban J connectivity index is 1.63. The van der Waals surface area contributed by atoms with Crippen molar-refractivity contribution in [2.75, 3.05) is 19.0 Å². The first-order valence-electron chi connectivity index (χ1n) is 8.13. The van der Waals surface area contributed by atoms with Gasteiger partial charge >= 0.3 is 0 Å². The van der Waals surface area contributed by atoms with Crippen molar-refractivity contribution in [3.8, 4) is 5.75 Å². The zero-order valence-electron chi connectivity index (χ0n) is 13.6. The number of para-hydroxylation sites is 2. The number of nitrogens with one attached hydrogen (secondary N) is 3. The smallest absolute Gasteiger partial charge is 0.257 e. The van der Waals surface area contributed by atoms with E-state index >= 15 is 0 Å². The Morgan fingerprint density at radius 3 is 2.57 bits per heavy atom. The largest absolute Gasteiger partial charge is 0.495 e. The molecule has 1 aliphatic rings. The molecule has 1 aromatic carbocycles. The van der Waals surface area contributed by atoms with Crippen LogP contribution in [-0.2, 0) is 9.59 Å². The number of hydrogen-bond donors (Lipinski definition) is 3. The van der Waals surface area contributed by atoms with Gasteiger partial charge in [0.2, 0.25) is 5.91 Å². The fourth-order valence-corrected chi connectivity index (χ4v) is 2.85. The van der Waals surface area contributed by atoms with Crippen LogP contribution in [0, 0.1) is 5.92 Å². The minimum absolute atomic E-state index is 0.0588. The van der Waals surface area contributed by atoms with Crippen LogP contribution >= 0.6 is 0 Å². The van der Waals surface area contributed by atoms with E-state index in [2.05, 4.69) is 16.2 Å². The molecule has 1 aromatic rings. The van der Waals surface area contributed by atoms with E-state index < -0.39 is 0 Å². The molecule has 0 spiro atoms. The predicted octanol–water partition coefficient (Wildman–Crippen LogP) is 2.22. The van der Waals surface area contributed by atoms with E-state index in [-0.39, 0.29) is 18.4 Å². The molecule has 1 aliphatic carbocycles. The van der Waals surface area contributed by atoms with Crippen LogP contribution in [0.3, 0.4) is 0 Å². The zero-order valence-corrected chi connectivity index (χ0v) is 13.6. The molecule has 2 amide bonds. The summed E-state index contributed by atoms with van der Waals surface area (Å²) in [6, 6.07) is 7.35. The normalized spacial score (nSPS) is 14.3. The molecule has 0 unspecified atom stereocenters. The maximum absolute atomic E-state index is 11.8. The highest BCUT2D eigenvalue weighted by Crippen LogP contribution is 2.28. The van der Waals surface area contributed by atoms with Crippen molar-refractivity contribution in [1.29, 1.82) is 0 Å². The molecular weight excluding hydrogens is 294 g/mol. The molecule has 6 heteroatoms. The standard InChI is InChI=1S/C17H25N3O3/c1-23-15-9-5-4-8-14(15)18-12-17(22)20-19-16(21)11-10-13-6-2-3-7-13/h4-5,8-9,13,18H,2-3,6-7,10-12H2,1H3,(H,19,21)(H,20,22). The Hall–Kier alpha value is -2.24. The summed E-state index contributed by atoms with van der Waals surface area (Å²) in [7, 11) is 1.57. The van der Waals surface area contributed by atoms with Crippen molar-refractivity contribution in [1.82, 2.24) is 10.9 Å². The van der Waals surface area contributed by atoms with Gasteiger partial charge in [-0.1, -0.05) is 37.8 Å². The van der Waals surface area contributed by atoms with Crippen LogP contribution in [0.1, 0.15) is 38.5 Å². The molecule has 3 N–H and O–H groups in total. The Morgan fingerprint density at radius 2 is 1.83 bits per heavy atom. The van der Waals surface area contributed by atoms with Crippen LogP contribution in [0.5, 0.6) is 5.75 Å². The summed E-state index contributed by atoms with van der Waals surface area (Å²) in [5, 5.41) is 2.98. The first-order chi connectivity index (χ1) is 11.2. The summed E-state index contributed by atoms with van der Waals surface area (Å²) in [5.41, 5.74) is 5.62. The topological polar surface area (TPSA) is 79.5 Å². The number of amides is 2. The second kappa shape index (κ2) is 9.02. The first-order valence-corrected chi connectivity index (χ1v) is 8.13. The summed E-state index contributed by atoms with van der Waals surface area (Å²) in [4.78, 5) is 23.5. The highest BCUT2D eigenvalue weighted by Gasteiger charge is 2.16. The highest BCUT2D eigenvalue weighted by atomic mass is 16.5. The lowest BCUT2D eigenvalue weighted by molar-refractivity contribution is -0.128. The van der Waals surface area contributed by atoms with E-state index in [9.17, 15) is 9.59 Å². The molecule has 1 fully saturated rings. The third-order valence-corrected chi connectivity index (χ3v) is 4.14. The van der Waals surface area contributed by atoms with Gasteiger partial charge in [0.05, 0.1) is 19.3 Å². The summed E-state index contributed by atoms with van der Waals surface area (Å²) < 4.78 is 5.19. The van der Waals surface area contributed by atoms with E-state index in [0.29, 0.717) is 18.1 Å². The fraction of sp³-hybridized carbons (Fsp3) is 0.529. The molecule has 0 heterocycles. The molecule has 0 radical (unpaired) electrons. The minimum atomic E-state index is -0.301. The molecule has 2 rings (SSSR count). The first kappa shape index (κ1) is 17.1. The predicted molar refractivity (Wildman–Crippen MR) is 89.0 cm³/mol. The quantitative estimate of drug-likeness (QED) is 0.673. The second-order valence-corrected chi connectivity index (χ2v) is 5.84. The number of hydrogen-bond acceptors (Lipinski definition) is 4. The van der Waals surface area contributed by atoms with Gasteiger partial charge in [-0.3, -0.25) is 20.4 Å². The van der Waals surface area contributed by atoms with Crippen LogP contribution in [0.2, 0.25) is 0 Å². The molecule has 1 saturated carbocycles. The lowest BCUT2D eigenvalue weighted by atomic mass is 10.0. The van der Waals surface area contributed by atoms with Crippen LogP contribution in [-0.4, -0.2) is 25.5 Å². The number of carbonyl (C=O) groups excluding carboxylic acids is 2. The summed E-state index contributed by atoms with van der Waals surface area (Å²) in [5.74, 6) is 0.900. The minimum Gasteiger partial charge on any atom is -0.495 e. The SMILES string of the molecule is COc1ccccc1NCC(=O)NNC(=O)CCC1CCCC1. The van der Waals surface area contributed by atoms with Gasteiger partial charge in [-0.2, -0.15) is 0 Å². The van der Waals surface area contributed by atoms with E-state index in [1.54, 1.807) is 7.11 Å². The highest BCUT2D eigenvalue weighted by molar-refractivity contribution is 5.84. The maximum Gasteiger partial charge on any atom is 0.257 e. The molecule has 23 heavy (non-hydrogen) atoms. The van der Waals surface area contributed by atoms with E-state index in [4.69, 9.17) is 4.74 Å². The lowest BCUT2D eigenvalue weighted by Crippen LogP contribution is -2.44. The van der Waals surface area contributed by atoms with Gasteiger partial charge in [0, 0.05) is 6.42 Å². The number of hydrazine groups is 1. The third kappa shape index (κ3) is 5.81. The third-order valence-electron chi connectivity index (χ3n) is 4.14. The molecule has 6 nitrogen and oxygen atoms in total. The number of ether oxygens (including phenoxy) is 1. The Kier molecular flexibility index (Phi) is 6.72. The van der Waals surface area contributed by atoms with Gasteiger partial charge in [0.15, 0.2) is 0 Å². The molecule has 126 valence electrons. The van der Waals surface area contributed by atoms with Crippen molar-refractivity contribution in [2.45, 2.75) is 38.5 Å². The summed E-state index contributed by atoms with van der Waals surface area (Å²) in [6.07, 6.45) is 6.37. The average Bonchev–Trinajstić information content (AvgIpc) is 3.10. The number of anilines is 1. The number of benzene rings is 1. The molecule has 0 aromatic heterocycles. The Bertz CT molecular complexity index is 528. The van der Waals surface area contributed by atoms with Gasteiger partial charge in [0.1, 0.15) is 5.75 Å². The van der Waals surface area contributed by atoms with Gasteiger partial charge in [-0.15, -0.1) is 0 Å². The van der Waals surface area contributed by atoms with Gasteiger partial charge in [-0.25, -0.2) is 0 Å². The number of carbonyl (C=O) groups is 2. The second-order valence-electron chi connectivity index (χ2n) is 5.84. The van der Waals surface area contributed by atoms with Crippen molar-refractivity contribution in [3.63, 3.8) is 0 Å². The van der Waals surface area contributed by atoms with Crippen LogP contribution in [0.15, 0.2) is 24.3 Å². The Labute approximate surface area is 136 Å². The van der Waals surface area contributed by atoms with Crippen LogP contribution in [0.4, 0.5) is 5.69 Å². The maximum atomic E-state index is 11.8. The molecule has 0 bridgehead atoms. The summed E-state index contributed by atoms with van der Waals surface area (Å²) in [6.45, 7) is 0.0588. The van der Waals surface area contributed by atoms with Crippen molar-refractivity contribution >= 4 is 17.5 Å². The average molecular weight is 319 g/mol. The van der Waals surface area contributed by atoms with Gasteiger partial charge in [-0.05, 0) is 24.5 Å². The summed E-state index contributed by atoms with van der Waals surface area (Å²) >= 11 is 0. The van der Waals surface area contributed by atoms with E-state index in [1.165, 1.54) is 25.7 Å². The molecule has 0 aliphatic heterocycles. The molecular formula is C17H25N3O3. The van der Waals surface area contributed by atoms with Crippen LogP contribution < -0.4 is 20.9 Å². The monoisotopic (exact) mass is 319 g/mol. The fourth-order valence-electron chi connectivity index (χ4n) is 2.85. The van der Waals surface area contributed by atoms with Gasteiger partial charge in [0.25, 0.3) is 5.91 Å². The van der Waals surface area contributed by atoms with Gasteiger partial charge < -0.3 is 10.1 Å². The van der Waals surface area contributed by atoms with Crippen molar-refractivity contribution in [3.05, 3.63) is 24.3 Å². The zero-order chi connectivity index (χ0) is 16.5. The Morgan fingerprint density at radius 1 is 1.13 bits per heavy atom. The van der Waals surface area contributed by atoms with Crippen LogP contribution in [0.25, 0.3) is 0 Å². The van der Waals surface area contributed by atoms with Crippen molar-refractivity contribution < 1.29 is 14.3 Å². The van der Waals surface area contributed by atoms with E-state index in [1.807, 2.05) is 24.3 Å². The number of methoxy groups -OCH3 is 1. The number of rotatable bonds is 7. The molecule has 0 saturated heterocycles. The van der Waals surface area contributed by atoms with E-state index in [0.717, 1.165) is 12.1 Å². The van der Waals surface area contributed by atoms with Crippen molar-refractivity contribution in [2.24, 2.45) is 5.92 Å². The lowest BCUT2D eigenvalue weighted by Gasteiger charge is -2.12.